The first-order valence-electron chi connectivity index (χ1n) is 9.64. The number of carbonyl (C=O) groups is 4. The van der Waals surface area contributed by atoms with Crippen LogP contribution in [-0.4, -0.2) is 44.1 Å². The van der Waals surface area contributed by atoms with Gasteiger partial charge < -0.3 is 15.0 Å². The maximum absolute atomic E-state index is 12.8. The normalized spacial score (nSPS) is 14.7. The van der Waals surface area contributed by atoms with Gasteiger partial charge in [-0.05, 0) is 72.4 Å². The number of nitrogens with zero attached hydrogens (tertiary/aromatic N) is 2. The molecule has 10 heteroatoms. The summed E-state index contributed by atoms with van der Waals surface area (Å²) in [5, 5.41) is 11.8. The van der Waals surface area contributed by atoms with Crippen LogP contribution in [0.25, 0.3) is 11.8 Å². The van der Waals surface area contributed by atoms with Crippen molar-refractivity contribution in [3.63, 3.8) is 0 Å². The van der Waals surface area contributed by atoms with Gasteiger partial charge >= 0.3 is 5.97 Å². The molecule has 2 heterocycles. The lowest BCUT2D eigenvalue weighted by molar-refractivity contribution is -0.127. The molecule has 1 aliphatic rings. The number of imide groups is 1. The highest BCUT2D eigenvalue weighted by Crippen LogP contribution is 2.32. The van der Waals surface area contributed by atoms with Crippen molar-refractivity contribution in [2.75, 3.05) is 11.9 Å². The van der Waals surface area contributed by atoms with E-state index < -0.39 is 29.6 Å². The van der Waals surface area contributed by atoms with E-state index in [9.17, 15) is 24.3 Å². The second-order valence-corrected chi connectivity index (χ2v) is 8.41. The van der Waals surface area contributed by atoms with Crippen LogP contribution in [0, 0.1) is 0 Å². The first-order chi connectivity index (χ1) is 15.8. The number of hydrogen-bond donors (Lipinski definition) is 2. The molecule has 1 aromatic heterocycles. The molecule has 2 N–H and O–H groups in total. The number of aromatic nitrogens is 1. The van der Waals surface area contributed by atoms with Crippen LogP contribution in [0.3, 0.4) is 0 Å². The van der Waals surface area contributed by atoms with Crippen molar-refractivity contribution in [3.05, 3.63) is 88.0 Å². The van der Waals surface area contributed by atoms with Crippen molar-refractivity contribution in [1.29, 1.82) is 0 Å². The Balaban J connectivity index is 1.51. The lowest BCUT2D eigenvalue weighted by atomic mass is 10.2. The van der Waals surface area contributed by atoms with E-state index in [1.807, 2.05) is 0 Å². The molecular formula is C23H16ClN3O5S. The summed E-state index contributed by atoms with van der Waals surface area (Å²) < 4.78 is 1.70. The van der Waals surface area contributed by atoms with E-state index in [2.05, 4.69) is 5.32 Å². The largest absolute Gasteiger partial charge is 0.478 e. The minimum atomic E-state index is -1.05. The highest BCUT2D eigenvalue weighted by molar-refractivity contribution is 8.18. The number of hydrogen-bond acceptors (Lipinski definition) is 5. The molecule has 0 saturated carbocycles. The van der Waals surface area contributed by atoms with E-state index in [1.165, 1.54) is 18.2 Å². The standard InChI is InChI=1S/C23H16ClN3O5S/c24-15-6-8-16(9-7-15)25-20(28)13-27-21(29)19(33-23(27)32)12-18-5-2-10-26(18)17-4-1-3-14(11-17)22(30)31/h1-12H,13H2,(H,25,28)(H,30,31)/b19-12+. The van der Waals surface area contributed by atoms with Crippen LogP contribution in [0.4, 0.5) is 10.5 Å². The first-order valence-corrected chi connectivity index (χ1v) is 10.8. The first kappa shape index (κ1) is 22.4. The van der Waals surface area contributed by atoms with Crippen molar-refractivity contribution in [2.24, 2.45) is 0 Å². The summed E-state index contributed by atoms with van der Waals surface area (Å²) >= 11 is 6.56. The third-order valence-corrected chi connectivity index (χ3v) is 5.89. The summed E-state index contributed by atoms with van der Waals surface area (Å²) in [7, 11) is 0. The second kappa shape index (κ2) is 9.35. The Morgan fingerprint density at radius 1 is 1.06 bits per heavy atom. The summed E-state index contributed by atoms with van der Waals surface area (Å²) in [5.41, 5.74) is 1.79. The number of nitrogens with one attached hydrogen (secondary N) is 1. The number of anilines is 1. The smallest absolute Gasteiger partial charge is 0.335 e. The van der Waals surface area contributed by atoms with Crippen LogP contribution in [0.2, 0.25) is 5.02 Å². The maximum atomic E-state index is 12.8. The molecule has 166 valence electrons. The van der Waals surface area contributed by atoms with Gasteiger partial charge in [0.05, 0.1) is 10.5 Å². The van der Waals surface area contributed by atoms with Crippen LogP contribution in [0.15, 0.2) is 71.8 Å². The number of amides is 3. The van der Waals surface area contributed by atoms with E-state index in [0.29, 0.717) is 22.1 Å². The van der Waals surface area contributed by atoms with Crippen molar-refractivity contribution in [2.45, 2.75) is 0 Å². The van der Waals surface area contributed by atoms with Crippen LogP contribution >= 0.6 is 23.4 Å². The fraction of sp³-hybridized carbons (Fsp3) is 0.0435. The summed E-state index contributed by atoms with van der Waals surface area (Å²) in [5.74, 6) is -2.15. The molecule has 0 spiro atoms. The van der Waals surface area contributed by atoms with Crippen molar-refractivity contribution < 1.29 is 24.3 Å². The zero-order chi connectivity index (χ0) is 23.5. The van der Waals surface area contributed by atoms with Gasteiger partial charge in [-0.25, -0.2) is 4.79 Å². The molecule has 1 fully saturated rings. The molecule has 8 nitrogen and oxygen atoms in total. The van der Waals surface area contributed by atoms with Gasteiger partial charge in [-0.2, -0.15) is 0 Å². The fourth-order valence-electron chi connectivity index (χ4n) is 3.18. The molecule has 0 aliphatic carbocycles. The van der Waals surface area contributed by atoms with E-state index in [1.54, 1.807) is 59.3 Å². The summed E-state index contributed by atoms with van der Waals surface area (Å²) in [6.07, 6.45) is 3.26. The molecule has 0 radical (unpaired) electrons. The van der Waals surface area contributed by atoms with E-state index in [4.69, 9.17) is 11.6 Å². The number of carboxylic acids is 1. The van der Waals surface area contributed by atoms with Gasteiger partial charge in [0.15, 0.2) is 0 Å². The topological polar surface area (TPSA) is 109 Å². The van der Waals surface area contributed by atoms with Gasteiger partial charge in [-0.3, -0.25) is 19.3 Å². The number of carbonyl (C=O) groups excluding carboxylic acids is 3. The van der Waals surface area contributed by atoms with Gasteiger partial charge in [0.2, 0.25) is 5.91 Å². The Morgan fingerprint density at radius 3 is 2.55 bits per heavy atom. The average molecular weight is 482 g/mol. The highest BCUT2D eigenvalue weighted by atomic mass is 35.5. The number of benzene rings is 2. The predicted octanol–water partition coefficient (Wildman–Crippen LogP) is 4.50. The van der Waals surface area contributed by atoms with E-state index >= 15 is 0 Å². The van der Waals surface area contributed by atoms with Gasteiger partial charge in [-0.15, -0.1) is 0 Å². The lowest BCUT2D eigenvalue weighted by Gasteiger charge is -2.12. The highest BCUT2D eigenvalue weighted by Gasteiger charge is 2.36. The quantitative estimate of drug-likeness (QED) is 0.502. The fourth-order valence-corrected chi connectivity index (χ4v) is 4.13. The van der Waals surface area contributed by atoms with E-state index in [-0.39, 0.29) is 10.5 Å². The zero-order valence-corrected chi connectivity index (χ0v) is 18.5. The summed E-state index contributed by atoms with van der Waals surface area (Å²) in [4.78, 5) is 49.8. The van der Waals surface area contributed by atoms with E-state index in [0.717, 1.165) is 16.7 Å². The predicted molar refractivity (Wildman–Crippen MR) is 125 cm³/mol. The van der Waals surface area contributed by atoms with Crippen LogP contribution in [0.1, 0.15) is 16.1 Å². The molecule has 3 amide bonds. The molecular weight excluding hydrogens is 466 g/mol. The minimum absolute atomic E-state index is 0.124. The molecule has 2 aromatic carbocycles. The molecule has 0 atom stereocenters. The zero-order valence-electron chi connectivity index (χ0n) is 16.9. The van der Waals surface area contributed by atoms with Crippen molar-refractivity contribution >= 4 is 58.1 Å². The summed E-state index contributed by atoms with van der Waals surface area (Å²) in [6, 6.07) is 16.3. The molecule has 0 bridgehead atoms. The second-order valence-electron chi connectivity index (χ2n) is 6.98. The molecule has 3 aromatic rings. The Morgan fingerprint density at radius 2 is 1.82 bits per heavy atom. The molecule has 4 rings (SSSR count). The van der Waals surface area contributed by atoms with Gasteiger partial charge in [0, 0.05) is 28.3 Å². The Kier molecular flexibility index (Phi) is 6.34. The molecule has 33 heavy (non-hydrogen) atoms. The van der Waals surface area contributed by atoms with Gasteiger partial charge in [0.1, 0.15) is 6.54 Å². The van der Waals surface area contributed by atoms with Crippen molar-refractivity contribution in [3.8, 4) is 5.69 Å². The summed E-state index contributed by atoms with van der Waals surface area (Å²) in [6.45, 7) is -0.424. The van der Waals surface area contributed by atoms with Crippen LogP contribution in [0.5, 0.6) is 0 Å². The Labute approximate surface area is 197 Å². The molecule has 1 saturated heterocycles. The Hall–Kier alpha value is -3.82. The van der Waals surface area contributed by atoms with Crippen LogP contribution < -0.4 is 5.32 Å². The molecule has 1 aliphatic heterocycles. The third-order valence-electron chi connectivity index (χ3n) is 4.73. The monoisotopic (exact) mass is 481 g/mol. The van der Waals surface area contributed by atoms with Crippen molar-refractivity contribution in [1.82, 2.24) is 9.47 Å². The SMILES string of the molecule is O=C(CN1C(=O)S/C(=C/c2cccn2-c2cccc(C(=O)O)c2)C1=O)Nc1ccc(Cl)cc1. The van der Waals surface area contributed by atoms with Gasteiger partial charge in [-0.1, -0.05) is 17.7 Å². The average Bonchev–Trinajstić information content (AvgIpc) is 3.35. The number of aromatic carboxylic acids is 1. The Bertz CT molecular complexity index is 1300. The number of carboxylic acid groups (broad SMARTS) is 1. The lowest BCUT2D eigenvalue weighted by Crippen LogP contribution is -2.36. The third kappa shape index (κ3) is 5.00. The number of halogens is 1. The van der Waals surface area contributed by atoms with Crippen LogP contribution in [-0.2, 0) is 9.59 Å². The van der Waals surface area contributed by atoms with Gasteiger partial charge in [0.25, 0.3) is 11.1 Å². The maximum Gasteiger partial charge on any atom is 0.335 e. The number of rotatable bonds is 6. The number of thioether (sulfide) groups is 1. The minimum Gasteiger partial charge on any atom is -0.478 e. The molecule has 0 unspecified atom stereocenters.